The number of nitrogens with zero attached hydrogens (tertiary/aromatic N) is 1. The number of likely N-dealkylation sites (N-methyl/N-ethyl adjacent to an activating group) is 1. The van der Waals surface area contributed by atoms with Crippen molar-refractivity contribution in [3.63, 3.8) is 0 Å². The van der Waals surface area contributed by atoms with E-state index in [1.54, 1.807) is 19.0 Å². The number of nitrogens with one attached hydrogen (secondary N) is 1. The van der Waals surface area contributed by atoms with E-state index in [0.29, 0.717) is 6.54 Å². The smallest absolute Gasteiger partial charge is 0.216 e. The number of aldehydes is 1. The summed E-state index contributed by atoms with van der Waals surface area (Å²) in [6.07, 6.45) is 0.815. The van der Waals surface area contributed by atoms with Crippen molar-refractivity contribution in [3.8, 4) is 0 Å². The van der Waals surface area contributed by atoms with Crippen LogP contribution in [0.1, 0.15) is 6.92 Å². The highest BCUT2D eigenvalue weighted by atomic mass is 16.1. The summed E-state index contributed by atoms with van der Waals surface area (Å²) in [4.78, 5) is 22.6. The Morgan fingerprint density at radius 2 is 2.18 bits per heavy atom. The van der Waals surface area contributed by atoms with Crippen LogP contribution >= 0.6 is 0 Å². The molecule has 0 radical (unpaired) electrons. The summed E-state index contributed by atoms with van der Waals surface area (Å²) in [7, 11) is 3.59. The molecule has 0 aromatic rings. The van der Waals surface area contributed by atoms with E-state index >= 15 is 0 Å². The lowest BCUT2D eigenvalue weighted by atomic mass is 10.3. The molecule has 64 valence electrons. The van der Waals surface area contributed by atoms with Crippen molar-refractivity contribution in [2.24, 2.45) is 0 Å². The van der Waals surface area contributed by atoms with Crippen LogP contribution in [0.2, 0.25) is 0 Å². The second-order valence-corrected chi connectivity index (χ2v) is 2.60. The Hall–Kier alpha value is -0.900. The van der Waals surface area contributed by atoms with E-state index in [-0.39, 0.29) is 11.9 Å². The Morgan fingerprint density at radius 1 is 1.64 bits per heavy atom. The van der Waals surface area contributed by atoms with Gasteiger partial charge in [0.05, 0.1) is 6.04 Å². The van der Waals surface area contributed by atoms with Crippen LogP contribution in [-0.2, 0) is 9.59 Å². The van der Waals surface area contributed by atoms with Gasteiger partial charge in [-0.25, -0.2) is 0 Å². The monoisotopic (exact) mass is 158 g/mol. The molecule has 1 N–H and O–H groups in total. The summed E-state index contributed by atoms with van der Waals surface area (Å²) in [6, 6.07) is -0.223. The Kier molecular flexibility index (Phi) is 4.45. The van der Waals surface area contributed by atoms with Gasteiger partial charge in [-0.2, -0.15) is 0 Å². The fraction of sp³-hybridized carbons (Fsp3) is 0.714. The minimum atomic E-state index is -0.223. The molecule has 0 heterocycles. The van der Waals surface area contributed by atoms with Crippen molar-refractivity contribution in [1.29, 1.82) is 0 Å². The minimum absolute atomic E-state index is 0.112. The molecule has 4 nitrogen and oxygen atoms in total. The molecule has 0 aromatic carbocycles. The summed E-state index contributed by atoms with van der Waals surface area (Å²) in [6.45, 7) is 1.81. The Balaban J connectivity index is 3.69. The normalized spacial score (nSPS) is 12.7. The van der Waals surface area contributed by atoms with Crippen LogP contribution in [0, 0.1) is 0 Å². The second-order valence-electron chi connectivity index (χ2n) is 2.60. The lowest BCUT2D eigenvalue weighted by Gasteiger charge is -2.17. The Labute approximate surface area is 66.6 Å². The van der Waals surface area contributed by atoms with E-state index in [4.69, 9.17) is 0 Å². The molecule has 11 heavy (non-hydrogen) atoms. The molecule has 0 saturated carbocycles. The molecule has 1 amide bonds. The maximum absolute atomic E-state index is 10.4. The highest BCUT2D eigenvalue weighted by molar-refractivity contribution is 5.73. The third kappa shape index (κ3) is 4.50. The Bertz CT molecular complexity index is 145. The molecule has 0 fully saturated rings. The van der Waals surface area contributed by atoms with Crippen molar-refractivity contribution in [2.75, 3.05) is 20.6 Å². The molecular formula is C7H14N2O2. The first kappa shape index (κ1) is 10.1. The third-order valence-electron chi connectivity index (χ3n) is 1.38. The number of carbonyl (C=O) groups excluding carboxylic acids is 2. The fourth-order valence-corrected chi connectivity index (χ4v) is 0.601. The van der Waals surface area contributed by atoms with Crippen LogP contribution in [0.4, 0.5) is 0 Å². The largest absolute Gasteiger partial charge is 0.354 e. The number of hydrogen-bond acceptors (Lipinski definition) is 3. The topological polar surface area (TPSA) is 49.4 Å². The van der Waals surface area contributed by atoms with Crippen LogP contribution in [0.5, 0.6) is 0 Å². The zero-order valence-electron chi connectivity index (χ0n) is 7.13. The predicted octanol–water partition coefficient (Wildman–Crippen LogP) is -0.748. The van der Waals surface area contributed by atoms with Crippen LogP contribution in [0.25, 0.3) is 0 Å². The van der Waals surface area contributed by atoms with Crippen molar-refractivity contribution >= 4 is 12.2 Å². The molecule has 0 aliphatic heterocycles. The van der Waals surface area contributed by atoms with E-state index in [1.165, 1.54) is 6.92 Å². The molecule has 4 heteroatoms. The molecule has 0 aromatic heterocycles. The third-order valence-corrected chi connectivity index (χ3v) is 1.38. The van der Waals surface area contributed by atoms with Crippen molar-refractivity contribution < 1.29 is 9.59 Å². The summed E-state index contributed by atoms with van der Waals surface area (Å²) >= 11 is 0. The Morgan fingerprint density at radius 3 is 2.45 bits per heavy atom. The molecule has 0 spiro atoms. The van der Waals surface area contributed by atoms with E-state index in [0.717, 1.165) is 6.29 Å². The van der Waals surface area contributed by atoms with Gasteiger partial charge >= 0.3 is 0 Å². The first-order chi connectivity index (χ1) is 5.07. The lowest BCUT2D eigenvalue weighted by Crippen LogP contribution is -2.40. The summed E-state index contributed by atoms with van der Waals surface area (Å²) in [5.74, 6) is -0.112. The van der Waals surface area contributed by atoms with Gasteiger partial charge < -0.3 is 10.1 Å². The number of carbonyl (C=O) groups is 2. The van der Waals surface area contributed by atoms with Gasteiger partial charge in [0.1, 0.15) is 6.29 Å². The zero-order valence-corrected chi connectivity index (χ0v) is 7.13. The number of hydrogen-bond donors (Lipinski definition) is 1. The van der Waals surface area contributed by atoms with Gasteiger partial charge in [0.15, 0.2) is 0 Å². The molecule has 0 bridgehead atoms. The summed E-state index contributed by atoms with van der Waals surface area (Å²) in [5, 5.41) is 2.57. The van der Waals surface area contributed by atoms with Crippen LogP contribution < -0.4 is 5.32 Å². The van der Waals surface area contributed by atoms with Crippen LogP contribution in [0.3, 0.4) is 0 Å². The molecule has 1 unspecified atom stereocenters. The van der Waals surface area contributed by atoms with Crippen molar-refractivity contribution in [1.82, 2.24) is 10.2 Å². The summed E-state index contributed by atoms with van der Waals surface area (Å²) < 4.78 is 0. The number of amides is 1. The average molecular weight is 158 g/mol. The van der Waals surface area contributed by atoms with Gasteiger partial charge in [-0.1, -0.05) is 0 Å². The predicted molar refractivity (Wildman–Crippen MR) is 42.2 cm³/mol. The molecule has 0 aliphatic rings. The quantitative estimate of drug-likeness (QED) is 0.548. The van der Waals surface area contributed by atoms with Gasteiger partial charge in [0.2, 0.25) is 5.91 Å². The van der Waals surface area contributed by atoms with E-state index in [2.05, 4.69) is 5.32 Å². The first-order valence-electron chi connectivity index (χ1n) is 3.44. The molecule has 0 rings (SSSR count). The van der Waals surface area contributed by atoms with Gasteiger partial charge in [0, 0.05) is 13.5 Å². The van der Waals surface area contributed by atoms with Crippen molar-refractivity contribution in [2.45, 2.75) is 13.0 Å². The molecule has 1 atom stereocenters. The minimum Gasteiger partial charge on any atom is -0.354 e. The highest BCUT2D eigenvalue weighted by Gasteiger charge is 2.08. The molecular weight excluding hydrogens is 144 g/mol. The standard InChI is InChI=1S/C7H14N2O2/c1-6(11)8-4-7(5-10)9(2)3/h5,7H,4H2,1-3H3,(H,8,11). The van der Waals surface area contributed by atoms with Gasteiger partial charge in [-0.15, -0.1) is 0 Å². The lowest BCUT2D eigenvalue weighted by molar-refractivity contribution is -0.119. The molecule has 0 saturated heterocycles. The number of rotatable bonds is 4. The van der Waals surface area contributed by atoms with Crippen LogP contribution in [0.15, 0.2) is 0 Å². The maximum Gasteiger partial charge on any atom is 0.216 e. The SMILES string of the molecule is CC(=O)NCC(C=O)N(C)C. The summed E-state index contributed by atoms with van der Waals surface area (Å²) in [5.41, 5.74) is 0. The van der Waals surface area contributed by atoms with Gasteiger partial charge in [-0.05, 0) is 14.1 Å². The fourth-order valence-electron chi connectivity index (χ4n) is 0.601. The van der Waals surface area contributed by atoms with E-state index in [9.17, 15) is 9.59 Å². The van der Waals surface area contributed by atoms with E-state index < -0.39 is 0 Å². The maximum atomic E-state index is 10.4. The second kappa shape index (κ2) is 4.85. The van der Waals surface area contributed by atoms with Crippen LogP contribution in [-0.4, -0.2) is 43.8 Å². The average Bonchev–Trinajstić information content (AvgIpc) is 1.87. The van der Waals surface area contributed by atoms with Gasteiger partial charge in [-0.3, -0.25) is 9.69 Å². The highest BCUT2D eigenvalue weighted by Crippen LogP contribution is 1.85. The van der Waals surface area contributed by atoms with Crippen molar-refractivity contribution in [3.05, 3.63) is 0 Å². The van der Waals surface area contributed by atoms with Gasteiger partial charge in [0.25, 0.3) is 0 Å². The van der Waals surface area contributed by atoms with E-state index in [1.807, 2.05) is 0 Å². The first-order valence-corrected chi connectivity index (χ1v) is 3.44. The zero-order chi connectivity index (χ0) is 8.85. The molecule has 0 aliphatic carbocycles.